The van der Waals surface area contributed by atoms with Gasteiger partial charge in [0.1, 0.15) is 46.9 Å². The SMILES string of the molecule is N#Cc1ccc(-c2ccc(OC(=O)CCCCCC(=O)Oc3ccc(-c4ccc(C#N)c(F)c4)c(F)c3)cc2F)cc1F. The van der Waals surface area contributed by atoms with Gasteiger partial charge in [0.15, 0.2) is 0 Å². The van der Waals surface area contributed by atoms with E-state index < -0.39 is 35.2 Å². The molecular formula is C33H22F4N2O4. The highest BCUT2D eigenvalue weighted by Crippen LogP contribution is 2.29. The minimum Gasteiger partial charge on any atom is -0.426 e. The van der Waals surface area contributed by atoms with Gasteiger partial charge in [0.05, 0.1) is 11.1 Å². The second-order valence-corrected chi connectivity index (χ2v) is 9.40. The first-order chi connectivity index (χ1) is 20.7. The van der Waals surface area contributed by atoms with Gasteiger partial charge in [0.2, 0.25) is 0 Å². The van der Waals surface area contributed by atoms with Crippen LogP contribution in [0.5, 0.6) is 11.5 Å². The number of nitrogens with zero attached hydrogens (tertiary/aromatic N) is 2. The average molecular weight is 587 g/mol. The van der Waals surface area contributed by atoms with Gasteiger partial charge in [-0.25, -0.2) is 17.6 Å². The number of ether oxygens (including phenoxy) is 2. The largest absolute Gasteiger partial charge is 0.426 e. The van der Waals surface area contributed by atoms with Crippen LogP contribution >= 0.6 is 0 Å². The Morgan fingerprint density at radius 2 is 0.977 bits per heavy atom. The molecule has 0 N–H and O–H groups in total. The Bertz CT molecular complexity index is 1650. The van der Waals surface area contributed by atoms with Crippen molar-refractivity contribution in [2.75, 3.05) is 0 Å². The Morgan fingerprint density at radius 3 is 1.33 bits per heavy atom. The first-order valence-electron chi connectivity index (χ1n) is 13.1. The van der Waals surface area contributed by atoms with Gasteiger partial charge < -0.3 is 9.47 Å². The third kappa shape index (κ3) is 7.84. The summed E-state index contributed by atoms with van der Waals surface area (Å²) in [6.45, 7) is 0. The molecule has 216 valence electrons. The van der Waals surface area contributed by atoms with Crippen LogP contribution in [0.25, 0.3) is 22.3 Å². The topological polar surface area (TPSA) is 100 Å². The number of hydrogen-bond donors (Lipinski definition) is 0. The molecule has 0 spiro atoms. The molecule has 43 heavy (non-hydrogen) atoms. The van der Waals surface area contributed by atoms with E-state index in [0.717, 1.165) is 24.3 Å². The van der Waals surface area contributed by atoms with Crippen molar-refractivity contribution in [2.24, 2.45) is 0 Å². The molecule has 0 amide bonds. The predicted octanol–water partition coefficient (Wildman–Crippen LogP) is 7.78. The van der Waals surface area contributed by atoms with Crippen molar-refractivity contribution in [3.63, 3.8) is 0 Å². The maximum Gasteiger partial charge on any atom is 0.311 e. The molecule has 4 aromatic rings. The van der Waals surface area contributed by atoms with Crippen LogP contribution in [0.3, 0.4) is 0 Å². The fourth-order valence-corrected chi connectivity index (χ4v) is 4.21. The van der Waals surface area contributed by atoms with Crippen LogP contribution in [-0.4, -0.2) is 11.9 Å². The lowest BCUT2D eigenvalue weighted by Crippen LogP contribution is -2.09. The van der Waals surface area contributed by atoms with Crippen molar-refractivity contribution in [3.05, 3.63) is 107 Å². The number of carbonyl (C=O) groups is 2. The number of benzene rings is 4. The normalized spacial score (nSPS) is 10.5. The van der Waals surface area contributed by atoms with Crippen LogP contribution in [0.15, 0.2) is 72.8 Å². The van der Waals surface area contributed by atoms with Gasteiger partial charge in [0, 0.05) is 36.1 Å². The number of nitriles is 2. The number of rotatable bonds is 10. The maximum absolute atomic E-state index is 14.6. The molecule has 0 fully saturated rings. The Labute approximate surface area is 244 Å². The van der Waals surface area contributed by atoms with E-state index in [1.165, 1.54) is 48.5 Å². The van der Waals surface area contributed by atoms with Crippen molar-refractivity contribution in [2.45, 2.75) is 32.1 Å². The summed E-state index contributed by atoms with van der Waals surface area (Å²) in [4.78, 5) is 24.3. The third-order valence-electron chi connectivity index (χ3n) is 6.41. The lowest BCUT2D eigenvalue weighted by molar-refractivity contribution is -0.134. The summed E-state index contributed by atoms with van der Waals surface area (Å²) >= 11 is 0. The first kappa shape index (κ1) is 30.5. The smallest absolute Gasteiger partial charge is 0.311 e. The lowest BCUT2D eigenvalue weighted by atomic mass is 10.0. The van der Waals surface area contributed by atoms with Gasteiger partial charge in [-0.05, 0) is 72.5 Å². The Kier molecular flexibility index (Phi) is 9.87. The van der Waals surface area contributed by atoms with Gasteiger partial charge in [-0.3, -0.25) is 9.59 Å². The quantitative estimate of drug-likeness (QED) is 0.0814. The van der Waals surface area contributed by atoms with E-state index in [4.69, 9.17) is 20.0 Å². The highest BCUT2D eigenvalue weighted by molar-refractivity contribution is 5.74. The van der Waals surface area contributed by atoms with Crippen molar-refractivity contribution >= 4 is 11.9 Å². The zero-order chi connectivity index (χ0) is 30.9. The van der Waals surface area contributed by atoms with E-state index in [1.54, 1.807) is 12.1 Å². The molecule has 0 unspecified atom stereocenters. The molecule has 0 aliphatic heterocycles. The average Bonchev–Trinajstić information content (AvgIpc) is 2.97. The summed E-state index contributed by atoms with van der Waals surface area (Å²) in [7, 11) is 0. The van der Waals surface area contributed by atoms with Crippen molar-refractivity contribution in [3.8, 4) is 45.9 Å². The molecule has 10 heteroatoms. The minimum absolute atomic E-state index is 0.0157. The van der Waals surface area contributed by atoms with E-state index >= 15 is 0 Å². The van der Waals surface area contributed by atoms with Crippen LogP contribution in [0.1, 0.15) is 43.2 Å². The van der Waals surface area contributed by atoms with E-state index in [2.05, 4.69) is 0 Å². The summed E-state index contributed by atoms with van der Waals surface area (Å²) in [6, 6.07) is 18.3. The first-order valence-corrected chi connectivity index (χ1v) is 13.1. The second-order valence-electron chi connectivity index (χ2n) is 9.40. The molecule has 6 nitrogen and oxygen atoms in total. The van der Waals surface area contributed by atoms with Crippen LogP contribution in [0.4, 0.5) is 17.6 Å². The zero-order valence-electron chi connectivity index (χ0n) is 22.5. The number of hydrogen-bond acceptors (Lipinski definition) is 6. The molecule has 4 rings (SSSR count). The van der Waals surface area contributed by atoms with E-state index in [0.29, 0.717) is 19.3 Å². The van der Waals surface area contributed by atoms with Crippen molar-refractivity contribution in [1.29, 1.82) is 10.5 Å². The third-order valence-corrected chi connectivity index (χ3v) is 6.41. The van der Waals surface area contributed by atoms with Crippen LogP contribution in [-0.2, 0) is 9.59 Å². The van der Waals surface area contributed by atoms with E-state index in [-0.39, 0.29) is 57.7 Å². The molecular weight excluding hydrogens is 564 g/mol. The molecule has 0 aliphatic rings. The molecule has 0 saturated heterocycles. The van der Waals surface area contributed by atoms with E-state index in [9.17, 15) is 27.2 Å². The number of halogens is 4. The standard InChI is InChI=1S/C33H22F4N2O4/c34-28-14-20(6-8-22(28)18-38)26-12-10-24(16-30(26)36)42-32(40)4-2-1-3-5-33(41)43-25-11-13-27(31(37)17-25)21-7-9-23(19-39)29(35)15-21/h6-17H,1-5H2. The number of unbranched alkanes of at least 4 members (excludes halogenated alkanes) is 2. The zero-order valence-corrected chi connectivity index (χ0v) is 22.5. The van der Waals surface area contributed by atoms with Crippen LogP contribution in [0, 0.1) is 45.9 Å². The Balaban J connectivity index is 1.20. The highest BCUT2D eigenvalue weighted by atomic mass is 19.1. The fourth-order valence-electron chi connectivity index (χ4n) is 4.21. The number of carbonyl (C=O) groups excluding carboxylic acids is 2. The predicted molar refractivity (Wildman–Crippen MR) is 147 cm³/mol. The Morgan fingerprint density at radius 1 is 0.558 bits per heavy atom. The molecule has 0 atom stereocenters. The summed E-state index contributed by atoms with van der Waals surface area (Å²) in [5.41, 5.74) is 0.298. The van der Waals surface area contributed by atoms with Gasteiger partial charge >= 0.3 is 11.9 Å². The van der Waals surface area contributed by atoms with Crippen LogP contribution in [0.2, 0.25) is 0 Å². The van der Waals surface area contributed by atoms with Crippen LogP contribution < -0.4 is 9.47 Å². The molecule has 0 saturated carbocycles. The van der Waals surface area contributed by atoms with Gasteiger partial charge in [-0.15, -0.1) is 0 Å². The molecule has 0 aliphatic carbocycles. The molecule has 0 bridgehead atoms. The lowest BCUT2D eigenvalue weighted by Gasteiger charge is -2.09. The minimum atomic E-state index is -0.773. The molecule has 0 heterocycles. The monoisotopic (exact) mass is 586 g/mol. The highest BCUT2D eigenvalue weighted by Gasteiger charge is 2.14. The van der Waals surface area contributed by atoms with Gasteiger partial charge in [-0.2, -0.15) is 10.5 Å². The van der Waals surface area contributed by atoms with E-state index in [1.807, 2.05) is 0 Å². The fraction of sp³-hybridized carbons (Fsp3) is 0.152. The molecule has 0 radical (unpaired) electrons. The van der Waals surface area contributed by atoms with Crippen molar-refractivity contribution < 1.29 is 36.6 Å². The van der Waals surface area contributed by atoms with Gasteiger partial charge in [-0.1, -0.05) is 18.6 Å². The summed E-state index contributed by atoms with van der Waals surface area (Å²) in [5.74, 6) is -4.25. The molecule has 0 aromatic heterocycles. The maximum atomic E-state index is 14.6. The summed E-state index contributed by atoms with van der Waals surface area (Å²) in [6.07, 6.45) is 1.30. The summed E-state index contributed by atoms with van der Waals surface area (Å²) < 4.78 is 67.2. The molecule has 4 aromatic carbocycles. The number of esters is 2. The van der Waals surface area contributed by atoms with Gasteiger partial charge in [0.25, 0.3) is 0 Å². The second kappa shape index (κ2) is 13.9. The van der Waals surface area contributed by atoms with Crippen molar-refractivity contribution in [1.82, 2.24) is 0 Å². The Hall–Kier alpha value is -5.48. The summed E-state index contributed by atoms with van der Waals surface area (Å²) in [5, 5.41) is 17.7.